The Bertz CT molecular complexity index is 1150. The lowest BCUT2D eigenvalue weighted by Crippen LogP contribution is -2.47. The molecule has 4 aromatic rings. The largest absolute Gasteiger partial charge is 0.335 e. The summed E-state index contributed by atoms with van der Waals surface area (Å²) in [7, 11) is 2.08. The van der Waals surface area contributed by atoms with E-state index in [1.165, 1.54) is 0 Å². The van der Waals surface area contributed by atoms with Gasteiger partial charge in [0.05, 0.1) is 6.20 Å². The average molecular weight is 386 g/mol. The van der Waals surface area contributed by atoms with Gasteiger partial charge in [0, 0.05) is 50.3 Å². The zero-order chi connectivity index (χ0) is 19.8. The fraction of sp³-hybridized carbons (Fsp3) is 0.227. The first kappa shape index (κ1) is 17.6. The molecule has 1 amide bonds. The maximum Gasteiger partial charge on any atom is 0.272 e. The van der Waals surface area contributed by atoms with Gasteiger partial charge in [-0.1, -0.05) is 6.07 Å². The number of carbonyl (C=O) groups is 1. The molecule has 5 rings (SSSR count). The van der Waals surface area contributed by atoms with Crippen molar-refractivity contribution in [2.24, 2.45) is 0 Å². The van der Waals surface area contributed by atoms with Crippen LogP contribution in [0.5, 0.6) is 0 Å². The Hall–Kier alpha value is -3.45. The summed E-state index contributed by atoms with van der Waals surface area (Å²) in [5, 5.41) is 4.47. The predicted octanol–water partition coefficient (Wildman–Crippen LogP) is 2.57. The third kappa shape index (κ3) is 3.19. The molecule has 1 aliphatic rings. The number of carbonyl (C=O) groups excluding carboxylic acids is 1. The minimum Gasteiger partial charge on any atom is -0.335 e. The minimum atomic E-state index is 0.0239. The van der Waals surface area contributed by atoms with E-state index in [0.717, 1.165) is 48.6 Å². The molecular weight excluding hydrogens is 364 g/mol. The van der Waals surface area contributed by atoms with Crippen molar-refractivity contribution in [3.05, 3.63) is 72.9 Å². The number of nitrogens with zero attached hydrogens (tertiary/aromatic N) is 6. The van der Waals surface area contributed by atoms with Crippen molar-refractivity contribution in [2.75, 3.05) is 33.2 Å². The molecule has 0 spiro atoms. The highest BCUT2D eigenvalue weighted by Gasteiger charge is 2.24. The predicted molar refractivity (Wildman–Crippen MR) is 111 cm³/mol. The van der Waals surface area contributed by atoms with E-state index >= 15 is 0 Å². The Morgan fingerprint density at radius 1 is 0.862 bits per heavy atom. The number of hydrogen-bond donors (Lipinski definition) is 0. The number of rotatable bonds is 3. The summed E-state index contributed by atoms with van der Waals surface area (Å²) >= 11 is 0. The van der Waals surface area contributed by atoms with Crippen molar-refractivity contribution in [1.29, 1.82) is 0 Å². The van der Waals surface area contributed by atoms with Crippen LogP contribution in [0.25, 0.3) is 22.5 Å². The summed E-state index contributed by atoms with van der Waals surface area (Å²) in [5.74, 6) is 0.870. The van der Waals surface area contributed by atoms with E-state index < -0.39 is 0 Å². The molecule has 1 saturated heterocycles. The van der Waals surface area contributed by atoms with Crippen LogP contribution < -0.4 is 0 Å². The first-order chi connectivity index (χ1) is 14.2. The smallest absolute Gasteiger partial charge is 0.272 e. The second-order valence-corrected chi connectivity index (χ2v) is 7.36. The van der Waals surface area contributed by atoms with Gasteiger partial charge in [-0.2, -0.15) is 5.10 Å². The second kappa shape index (κ2) is 7.18. The van der Waals surface area contributed by atoms with Gasteiger partial charge in [-0.05, 0) is 54.6 Å². The van der Waals surface area contributed by atoms with E-state index in [1.54, 1.807) is 29.3 Å². The van der Waals surface area contributed by atoms with Crippen molar-refractivity contribution >= 4 is 11.4 Å². The molecule has 4 aromatic heterocycles. The lowest BCUT2D eigenvalue weighted by atomic mass is 10.1. The Labute approximate surface area is 168 Å². The number of pyridine rings is 2. The molecule has 0 aromatic carbocycles. The zero-order valence-corrected chi connectivity index (χ0v) is 16.3. The van der Waals surface area contributed by atoms with E-state index in [0.29, 0.717) is 5.69 Å². The third-order valence-electron chi connectivity index (χ3n) is 5.51. The fourth-order valence-electron chi connectivity index (χ4n) is 3.79. The molecule has 0 unspecified atom stereocenters. The molecule has 0 N–H and O–H groups in total. The molecule has 0 atom stereocenters. The molecular formula is C22H22N6O. The quantitative estimate of drug-likeness (QED) is 0.543. The number of hydrogen-bond acceptors (Lipinski definition) is 4. The second-order valence-electron chi connectivity index (χ2n) is 7.36. The summed E-state index contributed by atoms with van der Waals surface area (Å²) < 4.78 is 3.81. The van der Waals surface area contributed by atoms with Crippen LogP contribution in [0, 0.1) is 0 Å². The van der Waals surface area contributed by atoms with Crippen LogP contribution in [0.15, 0.2) is 67.3 Å². The highest BCUT2D eigenvalue weighted by Crippen LogP contribution is 2.23. The first-order valence-corrected chi connectivity index (χ1v) is 9.74. The number of piperazine rings is 1. The molecule has 146 valence electrons. The van der Waals surface area contributed by atoms with Gasteiger partial charge in [-0.15, -0.1) is 0 Å². The number of likely N-dealkylation sites (N-methyl/N-ethyl adjacent to an activating group) is 1. The molecule has 0 saturated carbocycles. The van der Waals surface area contributed by atoms with Crippen molar-refractivity contribution in [3.8, 4) is 16.9 Å². The van der Waals surface area contributed by atoms with E-state index in [2.05, 4.69) is 44.8 Å². The topological polar surface area (TPSA) is 58.7 Å². The molecule has 7 heteroatoms. The van der Waals surface area contributed by atoms with E-state index in [1.807, 2.05) is 29.2 Å². The molecule has 1 aliphatic heterocycles. The van der Waals surface area contributed by atoms with Crippen LogP contribution >= 0.6 is 0 Å². The average Bonchev–Trinajstić information content (AvgIpc) is 3.40. The normalized spacial score (nSPS) is 15.1. The van der Waals surface area contributed by atoms with Crippen molar-refractivity contribution in [1.82, 2.24) is 29.0 Å². The molecule has 0 bridgehead atoms. The highest BCUT2D eigenvalue weighted by molar-refractivity contribution is 5.93. The summed E-state index contributed by atoms with van der Waals surface area (Å²) in [6.45, 7) is 3.26. The van der Waals surface area contributed by atoms with Crippen molar-refractivity contribution in [3.63, 3.8) is 0 Å². The fourth-order valence-corrected chi connectivity index (χ4v) is 3.79. The number of amides is 1. The van der Waals surface area contributed by atoms with Gasteiger partial charge in [0.25, 0.3) is 5.91 Å². The number of fused-ring (bicyclic) bond motifs is 1. The van der Waals surface area contributed by atoms with Gasteiger partial charge in [0.15, 0.2) is 0 Å². The van der Waals surface area contributed by atoms with Crippen LogP contribution in [0.3, 0.4) is 0 Å². The summed E-state index contributed by atoms with van der Waals surface area (Å²) in [5.41, 5.74) is 3.81. The van der Waals surface area contributed by atoms with Gasteiger partial charge in [-0.3, -0.25) is 9.78 Å². The SMILES string of the molecule is CN1CCN(C(=O)c2ccnn2-c2ccc3ccc(-c4ccncc4)cn23)CC1. The Morgan fingerprint density at radius 2 is 1.62 bits per heavy atom. The van der Waals surface area contributed by atoms with Gasteiger partial charge in [0.1, 0.15) is 11.5 Å². The van der Waals surface area contributed by atoms with E-state index in [4.69, 9.17) is 0 Å². The van der Waals surface area contributed by atoms with Crippen LogP contribution in [-0.2, 0) is 0 Å². The highest BCUT2D eigenvalue weighted by atomic mass is 16.2. The van der Waals surface area contributed by atoms with Gasteiger partial charge >= 0.3 is 0 Å². The maximum absolute atomic E-state index is 13.1. The van der Waals surface area contributed by atoms with E-state index in [9.17, 15) is 4.79 Å². The van der Waals surface area contributed by atoms with Crippen LogP contribution in [0.1, 0.15) is 10.5 Å². The van der Waals surface area contributed by atoms with Gasteiger partial charge in [-0.25, -0.2) is 4.68 Å². The van der Waals surface area contributed by atoms with Crippen LogP contribution in [0.4, 0.5) is 0 Å². The van der Waals surface area contributed by atoms with Gasteiger partial charge < -0.3 is 14.2 Å². The van der Waals surface area contributed by atoms with Gasteiger partial charge in [0.2, 0.25) is 0 Å². The molecule has 0 radical (unpaired) electrons. The lowest BCUT2D eigenvalue weighted by Gasteiger charge is -2.32. The maximum atomic E-state index is 13.1. The summed E-state index contributed by atoms with van der Waals surface area (Å²) in [4.78, 5) is 21.4. The molecule has 7 nitrogen and oxygen atoms in total. The Kier molecular flexibility index (Phi) is 4.37. The summed E-state index contributed by atoms with van der Waals surface area (Å²) in [6, 6.07) is 14.0. The summed E-state index contributed by atoms with van der Waals surface area (Å²) in [6.07, 6.45) is 7.34. The Balaban J connectivity index is 1.54. The molecule has 1 fully saturated rings. The lowest BCUT2D eigenvalue weighted by molar-refractivity contribution is 0.0655. The molecule has 0 aliphatic carbocycles. The van der Waals surface area contributed by atoms with Crippen LogP contribution in [0.2, 0.25) is 0 Å². The zero-order valence-electron chi connectivity index (χ0n) is 16.3. The molecule has 5 heterocycles. The van der Waals surface area contributed by atoms with E-state index in [-0.39, 0.29) is 5.91 Å². The third-order valence-corrected chi connectivity index (χ3v) is 5.51. The standard InChI is InChI=1S/C22H22N6O/c1-25-12-14-26(15-13-25)22(29)20-8-11-24-28(20)21-5-4-19-3-2-18(16-27(19)21)17-6-9-23-10-7-17/h2-11,16H,12-15H2,1H3. The molecule has 29 heavy (non-hydrogen) atoms. The van der Waals surface area contributed by atoms with Crippen LogP contribution in [-0.4, -0.2) is 68.1 Å². The first-order valence-electron chi connectivity index (χ1n) is 9.74. The van der Waals surface area contributed by atoms with Crippen molar-refractivity contribution in [2.45, 2.75) is 0 Å². The Morgan fingerprint density at radius 3 is 2.41 bits per heavy atom. The van der Waals surface area contributed by atoms with Crippen molar-refractivity contribution < 1.29 is 4.79 Å². The minimum absolute atomic E-state index is 0.0239. The number of aromatic nitrogens is 4. The monoisotopic (exact) mass is 386 g/mol.